The molecule has 110 heavy (non-hydrogen) atoms. The standard InChI is InChI=1S/C55H45N.C53H41N/c1-40-21-29-47(30-22-40)54(48-31-23-41(2)24-32-48)39-43-27-36-50(37-28-43)56(49-34-25-42(3)26-35-49)55-38-33-46(52-18-10-11-19-53(52)55)17-12-20-51(44-13-6-4-7-14-44)45-15-8-5-9-16-45;1-40-29-34-47(35-30-40)54(48-36-31-41(32-37-48)17-16-28-49(42-18-6-2-7-19-42)43-20-8-3-9-21-43)53-38-33-46(50-26-14-15-27-51(50)53)39-52(44-22-10-4-11-23-44)45-24-12-5-13-25-45/h4-39H,1-3H3;2-39H,1H3/b17-12+;17-16+. The summed E-state index contributed by atoms with van der Waals surface area (Å²) in [7, 11) is 0. The zero-order valence-electron chi connectivity index (χ0n) is 62.6. The Kier molecular flexibility index (Phi) is 22.5. The van der Waals surface area contributed by atoms with Crippen molar-refractivity contribution in [1.29, 1.82) is 0 Å². The zero-order valence-corrected chi connectivity index (χ0v) is 62.6. The van der Waals surface area contributed by atoms with Gasteiger partial charge in [0.05, 0.1) is 11.4 Å². The number of rotatable bonds is 20. The van der Waals surface area contributed by atoms with Gasteiger partial charge in [-0.05, 0) is 200 Å². The van der Waals surface area contributed by atoms with Crippen LogP contribution in [0.25, 0.3) is 68.1 Å². The minimum atomic E-state index is 1.10. The first kappa shape index (κ1) is 71.7. The molecule has 0 aromatic heterocycles. The summed E-state index contributed by atoms with van der Waals surface area (Å²) in [4.78, 5) is 4.76. The molecule has 528 valence electrons. The largest absolute Gasteiger partial charge is 0.310 e. The lowest BCUT2D eigenvalue weighted by Crippen LogP contribution is -2.10. The van der Waals surface area contributed by atoms with E-state index in [0.29, 0.717) is 0 Å². The first-order chi connectivity index (χ1) is 54.2. The predicted molar refractivity (Wildman–Crippen MR) is 474 cm³/mol. The Hall–Kier alpha value is -13.9. The third-order valence-electron chi connectivity index (χ3n) is 20.2. The van der Waals surface area contributed by atoms with Crippen LogP contribution in [0.15, 0.2) is 425 Å². The van der Waals surface area contributed by atoms with Crippen molar-refractivity contribution >= 4 is 102 Å². The normalized spacial score (nSPS) is 11.0. The maximum atomic E-state index is 2.38. The predicted octanol–water partition coefficient (Wildman–Crippen LogP) is 29.3. The van der Waals surface area contributed by atoms with Crippen molar-refractivity contribution in [3.63, 3.8) is 0 Å². The molecule has 0 saturated carbocycles. The van der Waals surface area contributed by atoms with Gasteiger partial charge in [-0.25, -0.2) is 0 Å². The van der Waals surface area contributed by atoms with Crippen molar-refractivity contribution in [1.82, 2.24) is 0 Å². The van der Waals surface area contributed by atoms with E-state index < -0.39 is 0 Å². The summed E-state index contributed by atoms with van der Waals surface area (Å²) in [6.45, 7) is 8.55. The second kappa shape index (κ2) is 34.5. The van der Waals surface area contributed by atoms with Crippen molar-refractivity contribution in [3.8, 4) is 0 Å². The molecule has 16 aromatic carbocycles. The monoisotopic (exact) mass is 1410 g/mol. The Morgan fingerprint density at radius 2 is 0.464 bits per heavy atom. The van der Waals surface area contributed by atoms with E-state index in [1.807, 2.05) is 0 Å². The Labute approximate surface area is 649 Å². The maximum Gasteiger partial charge on any atom is 0.0540 e. The Bertz CT molecular complexity index is 5770. The summed E-state index contributed by atoms with van der Waals surface area (Å²) in [5, 5.41) is 4.79. The summed E-state index contributed by atoms with van der Waals surface area (Å²) in [6.07, 6.45) is 17.8. The van der Waals surface area contributed by atoms with E-state index in [1.54, 1.807) is 0 Å². The highest BCUT2D eigenvalue weighted by Gasteiger charge is 2.20. The summed E-state index contributed by atoms with van der Waals surface area (Å²) < 4.78 is 0. The van der Waals surface area contributed by atoms with Crippen molar-refractivity contribution in [2.24, 2.45) is 0 Å². The molecule has 0 aliphatic carbocycles. The Morgan fingerprint density at radius 3 is 0.827 bits per heavy atom. The van der Waals surface area contributed by atoms with Gasteiger partial charge in [0.15, 0.2) is 0 Å². The molecule has 0 fully saturated rings. The number of nitrogens with zero attached hydrogens (tertiary/aromatic N) is 2. The highest BCUT2D eigenvalue weighted by molar-refractivity contribution is 6.07. The highest BCUT2D eigenvalue weighted by Crippen LogP contribution is 2.44. The summed E-state index contributed by atoms with van der Waals surface area (Å²) in [5.74, 6) is 0. The molecule has 16 rings (SSSR count). The van der Waals surface area contributed by atoms with E-state index >= 15 is 0 Å². The number of fused-ring (bicyclic) bond motifs is 2. The summed E-state index contributed by atoms with van der Waals surface area (Å²) in [5.41, 5.74) is 30.7. The van der Waals surface area contributed by atoms with Crippen LogP contribution in [-0.2, 0) is 0 Å². The SMILES string of the molecule is Cc1ccc(C(=Cc2ccc(N(c3ccc(C)cc3)c3ccc(/C=C/C=C(c4ccccc4)c4ccccc4)c4ccccc34)cc2)c2ccc(C)cc2)cc1.Cc1ccc(N(c2ccc(/C=C/C=C(c3ccccc3)c3ccccc3)cc2)c2ccc(C=C(c3ccccc3)c3ccccc3)c3ccccc23)cc1. The molecule has 0 radical (unpaired) electrons. The number of hydrogen-bond acceptors (Lipinski definition) is 2. The van der Waals surface area contributed by atoms with Crippen LogP contribution in [0.1, 0.15) is 89.0 Å². The molecule has 0 N–H and O–H groups in total. The van der Waals surface area contributed by atoms with Crippen molar-refractivity contribution in [2.75, 3.05) is 9.80 Å². The third-order valence-corrected chi connectivity index (χ3v) is 20.2. The number of hydrogen-bond donors (Lipinski definition) is 0. The van der Waals surface area contributed by atoms with Gasteiger partial charge in [-0.2, -0.15) is 0 Å². The van der Waals surface area contributed by atoms with Gasteiger partial charge >= 0.3 is 0 Å². The fourth-order valence-electron chi connectivity index (χ4n) is 14.4. The van der Waals surface area contributed by atoms with Crippen LogP contribution in [-0.4, -0.2) is 0 Å². The summed E-state index contributed by atoms with van der Waals surface area (Å²) >= 11 is 0. The van der Waals surface area contributed by atoms with Crippen LogP contribution in [0.5, 0.6) is 0 Å². The average Bonchev–Trinajstić information content (AvgIpc) is 0.687. The number of aryl methyl sites for hydroxylation is 4. The van der Waals surface area contributed by atoms with Gasteiger partial charge in [0.1, 0.15) is 0 Å². The van der Waals surface area contributed by atoms with Crippen molar-refractivity contribution in [3.05, 3.63) is 514 Å². The van der Waals surface area contributed by atoms with Gasteiger partial charge in [-0.3, -0.25) is 0 Å². The van der Waals surface area contributed by atoms with E-state index in [1.165, 1.54) is 122 Å². The number of allylic oxidation sites excluding steroid dienone is 4. The van der Waals surface area contributed by atoms with Crippen LogP contribution in [0.2, 0.25) is 0 Å². The second-order valence-electron chi connectivity index (χ2n) is 27.9. The molecule has 0 unspecified atom stereocenters. The summed E-state index contributed by atoms with van der Waals surface area (Å²) in [6, 6.07) is 143. The van der Waals surface area contributed by atoms with E-state index in [4.69, 9.17) is 0 Å². The molecule has 0 bridgehead atoms. The third kappa shape index (κ3) is 17.1. The van der Waals surface area contributed by atoms with Crippen molar-refractivity contribution < 1.29 is 0 Å². The molecule has 0 heterocycles. The molecular weight excluding hydrogens is 1330 g/mol. The van der Waals surface area contributed by atoms with Crippen LogP contribution in [0.4, 0.5) is 34.1 Å². The highest BCUT2D eigenvalue weighted by atomic mass is 15.1. The van der Waals surface area contributed by atoms with Gasteiger partial charge in [0.2, 0.25) is 0 Å². The molecular formula is C108H86N2. The van der Waals surface area contributed by atoms with Crippen molar-refractivity contribution in [2.45, 2.75) is 27.7 Å². The molecule has 0 amide bonds. The fraction of sp³-hybridized carbons (Fsp3) is 0.0370. The first-order valence-electron chi connectivity index (χ1n) is 37.9. The smallest absolute Gasteiger partial charge is 0.0540 e. The number of anilines is 6. The van der Waals surface area contributed by atoms with Gasteiger partial charge in [0, 0.05) is 33.5 Å². The second-order valence-corrected chi connectivity index (χ2v) is 27.9. The lowest BCUT2D eigenvalue weighted by Gasteiger charge is -2.27. The first-order valence-corrected chi connectivity index (χ1v) is 37.9. The van der Waals surface area contributed by atoms with Crippen LogP contribution < -0.4 is 9.80 Å². The van der Waals surface area contributed by atoms with E-state index in [2.05, 4.69) is 486 Å². The lowest BCUT2D eigenvalue weighted by molar-refractivity contribution is 1.29. The molecule has 0 aliphatic rings. The fourth-order valence-corrected chi connectivity index (χ4v) is 14.4. The maximum absolute atomic E-state index is 2.38. The molecule has 2 nitrogen and oxygen atoms in total. The quantitative estimate of drug-likeness (QED) is 0.0554. The van der Waals surface area contributed by atoms with Crippen LogP contribution >= 0.6 is 0 Å². The Morgan fingerprint density at radius 1 is 0.200 bits per heavy atom. The number of benzene rings is 16. The van der Waals surface area contributed by atoms with E-state index in [0.717, 1.165) is 45.3 Å². The molecule has 0 atom stereocenters. The molecule has 0 saturated heterocycles. The minimum Gasteiger partial charge on any atom is -0.310 e. The van der Waals surface area contributed by atoms with E-state index in [9.17, 15) is 0 Å². The molecule has 0 spiro atoms. The van der Waals surface area contributed by atoms with Gasteiger partial charge in [-0.1, -0.05) is 398 Å². The molecule has 2 heteroatoms. The average molecular weight is 1410 g/mol. The molecule has 0 aliphatic heterocycles. The molecule has 16 aromatic rings. The lowest BCUT2D eigenvalue weighted by atomic mass is 9.93. The van der Waals surface area contributed by atoms with Gasteiger partial charge in [0.25, 0.3) is 0 Å². The minimum absolute atomic E-state index is 1.10. The van der Waals surface area contributed by atoms with Crippen LogP contribution in [0, 0.1) is 27.7 Å². The van der Waals surface area contributed by atoms with Gasteiger partial charge < -0.3 is 9.80 Å². The van der Waals surface area contributed by atoms with Gasteiger partial charge in [-0.15, -0.1) is 0 Å². The topological polar surface area (TPSA) is 6.48 Å². The Balaban J connectivity index is 0.000000175. The van der Waals surface area contributed by atoms with Crippen LogP contribution in [0.3, 0.4) is 0 Å². The zero-order chi connectivity index (χ0) is 74.8. The van der Waals surface area contributed by atoms with E-state index in [-0.39, 0.29) is 0 Å².